The Balaban J connectivity index is 2.06. The summed E-state index contributed by atoms with van der Waals surface area (Å²) in [5.41, 5.74) is 1.14. The maximum absolute atomic E-state index is 13.6. The molecule has 1 amide bonds. The van der Waals surface area contributed by atoms with Crippen LogP contribution in [0.2, 0.25) is 0 Å². The van der Waals surface area contributed by atoms with Gasteiger partial charge in [0.1, 0.15) is 16.1 Å². The minimum absolute atomic E-state index is 0.125. The van der Waals surface area contributed by atoms with Crippen LogP contribution >= 0.6 is 11.3 Å². The Bertz CT molecular complexity index is 834. The zero-order valence-corrected chi connectivity index (χ0v) is 15.9. The van der Waals surface area contributed by atoms with Crippen LogP contribution in [0.15, 0.2) is 39.9 Å². The molecule has 2 rings (SSSR count). The van der Waals surface area contributed by atoms with Gasteiger partial charge >= 0.3 is 0 Å². The van der Waals surface area contributed by atoms with Crippen molar-refractivity contribution in [3.8, 4) is 0 Å². The van der Waals surface area contributed by atoms with Crippen molar-refractivity contribution in [3.63, 3.8) is 0 Å². The van der Waals surface area contributed by atoms with E-state index >= 15 is 0 Å². The highest BCUT2D eigenvalue weighted by Crippen LogP contribution is 2.17. The zero-order valence-electron chi connectivity index (χ0n) is 14.2. The van der Waals surface area contributed by atoms with E-state index < -0.39 is 22.0 Å². The highest BCUT2D eigenvalue weighted by molar-refractivity contribution is 7.91. The SMILES string of the molecule is Cc1ccc(CNC(=O)[C@@H](NS(=O)(=O)c2cccs2)C(C)C)cc1F. The second kappa shape index (κ2) is 8.07. The molecule has 0 spiro atoms. The van der Waals surface area contributed by atoms with Crippen LogP contribution in [0.5, 0.6) is 0 Å². The average molecular weight is 384 g/mol. The maximum Gasteiger partial charge on any atom is 0.250 e. The van der Waals surface area contributed by atoms with Crippen LogP contribution in [0.3, 0.4) is 0 Å². The number of hydrogen-bond acceptors (Lipinski definition) is 4. The molecular weight excluding hydrogens is 363 g/mol. The predicted molar refractivity (Wildman–Crippen MR) is 96.3 cm³/mol. The Morgan fingerprint density at radius 2 is 2.00 bits per heavy atom. The summed E-state index contributed by atoms with van der Waals surface area (Å²) in [6.07, 6.45) is 0. The molecule has 0 unspecified atom stereocenters. The number of hydrogen-bond donors (Lipinski definition) is 2. The van der Waals surface area contributed by atoms with E-state index in [1.54, 1.807) is 44.4 Å². The van der Waals surface area contributed by atoms with Gasteiger partial charge in [0.05, 0.1) is 0 Å². The minimum atomic E-state index is -3.75. The van der Waals surface area contributed by atoms with Crippen molar-refractivity contribution in [3.05, 3.63) is 52.7 Å². The van der Waals surface area contributed by atoms with Gasteiger partial charge in [-0.3, -0.25) is 4.79 Å². The van der Waals surface area contributed by atoms with Crippen LogP contribution in [0, 0.1) is 18.7 Å². The smallest absolute Gasteiger partial charge is 0.250 e. The maximum atomic E-state index is 13.6. The minimum Gasteiger partial charge on any atom is -0.351 e. The molecule has 0 radical (unpaired) electrons. The molecule has 25 heavy (non-hydrogen) atoms. The first-order chi connectivity index (χ1) is 11.7. The number of halogens is 1. The highest BCUT2D eigenvalue weighted by Gasteiger charge is 2.28. The van der Waals surface area contributed by atoms with E-state index in [4.69, 9.17) is 0 Å². The molecule has 0 aliphatic rings. The van der Waals surface area contributed by atoms with Crippen LogP contribution in [-0.4, -0.2) is 20.4 Å². The first kappa shape index (κ1) is 19.6. The van der Waals surface area contributed by atoms with Gasteiger partial charge in [-0.05, 0) is 41.5 Å². The topological polar surface area (TPSA) is 75.3 Å². The monoisotopic (exact) mass is 384 g/mol. The largest absolute Gasteiger partial charge is 0.351 e. The van der Waals surface area contributed by atoms with Gasteiger partial charge in [-0.2, -0.15) is 4.72 Å². The fourth-order valence-corrected chi connectivity index (χ4v) is 4.53. The summed E-state index contributed by atoms with van der Waals surface area (Å²) < 4.78 is 40.9. The normalized spacial score (nSPS) is 13.0. The molecule has 0 saturated heterocycles. The first-order valence-electron chi connectivity index (χ1n) is 7.79. The molecule has 5 nitrogen and oxygen atoms in total. The van der Waals surface area contributed by atoms with Crippen molar-refractivity contribution in [2.45, 2.75) is 37.6 Å². The van der Waals surface area contributed by atoms with Gasteiger partial charge in [-0.15, -0.1) is 11.3 Å². The van der Waals surface area contributed by atoms with Crippen LogP contribution < -0.4 is 10.0 Å². The third kappa shape index (κ3) is 5.10. The van der Waals surface area contributed by atoms with E-state index in [9.17, 15) is 17.6 Å². The summed E-state index contributed by atoms with van der Waals surface area (Å²) in [4.78, 5) is 12.4. The molecule has 0 aliphatic carbocycles. The van der Waals surface area contributed by atoms with Crippen molar-refractivity contribution in [2.75, 3.05) is 0 Å². The molecule has 0 fully saturated rings. The molecule has 1 aromatic carbocycles. The van der Waals surface area contributed by atoms with Crippen LogP contribution in [0.4, 0.5) is 4.39 Å². The number of rotatable bonds is 7. The Morgan fingerprint density at radius 3 is 2.56 bits per heavy atom. The molecule has 0 saturated carbocycles. The lowest BCUT2D eigenvalue weighted by atomic mass is 10.0. The molecule has 0 bridgehead atoms. The number of thiophene rings is 1. The van der Waals surface area contributed by atoms with Gasteiger partial charge < -0.3 is 5.32 Å². The number of aryl methyl sites for hydroxylation is 1. The standard InChI is InChI=1S/C17H21FN2O3S2/c1-11(2)16(20-25(22,23)15-5-4-8-24-15)17(21)19-10-13-7-6-12(3)14(18)9-13/h4-9,11,16,20H,10H2,1-3H3,(H,19,21)/t16-/m0/s1. The number of carbonyl (C=O) groups is 1. The van der Waals surface area contributed by atoms with E-state index in [-0.39, 0.29) is 22.5 Å². The van der Waals surface area contributed by atoms with Crippen LogP contribution in [-0.2, 0) is 21.4 Å². The van der Waals surface area contributed by atoms with Gasteiger partial charge in [0, 0.05) is 6.54 Å². The molecule has 2 aromatic rings. The molecule has 0 aliphatic heterocycles. The molecule has 1 heterocycles. The average Bonchev–Trinajstić information content (AvgIpc) is 3.08. The number of carbonyl (C=O) groups excluding carboxylic acids is 1. The van der Waals surface area contributed by atoms with E-state index in [0.29, 0.717) is 11.1 Å². The van der Waals surface area contributed by atoms with Gasteiger partial charge in [0.2, 0.25) is 5.91 Å². The van der Waals surface area contributed by atoms with Gasteiger partial charge in [0.15, 0.2) is 0 Å². The lowest BCUT2D eigenvalue weighted by Crippen LogP contribution is -2.49. The van der Waals surface area contributed by atoms with Crippen LogP contribution in [0.25, 0.3) is 0 Å². The Labute approximate surface area is 151 Å². The lowest BCUT2D eigenvalue weighted by molar-refractivity contribution is -0.123. The third-order valence-electron chi connectivity index (χ3n) is 3.69. The fraction of sp³-hybridized carbons (Fsp3) is 0.353. The van der Waals surface area contributed by atoms with Gasteiger partial charge in [0.25, 0.3) is 10.0 Å². The van der Waals surface area contributed by atoms with E-state index in [1.165, 1.54) is 12.1 Å². The predicted octanol–water partition coefficient (Wildman–Crippen LogP) is 2.81. The second-order valence-electron chi connectivity index (χ2n) is 6.08. The quantitative estimate of drug-likeness (QED) is 0.771. The summed E-state index contributed by atoms with van der Waals surface area (Å²) in [5.74, 6) is -1.04. The summed E-state index contributed by atoms with van der Waals surface area (Å²) in [7, 11) is -3.75. The van der Waals surface area contributed by atoms with Crippen LogP contribution in [0.1, 0.15) is 25.0 Å². The molecule has 8 heteroatoms. The first-order valence-corrected chi connectivity index (χ1v) is 10.2. The third-order valence-corrected chi connectivity index (χ3v) is 6.53. The number of nitrogens with one attached hydrogen (secondary N) is 2. The number of sulfonamides is 1. The van der Waals surface area contributed by atoms with Crippen molar-refractivity contribution >= 4 is 27.3 Å². The molecule has 1 aromatic heterocycles. The number of benzene rings is 1. The Hall–Kier alpha value is -1.77. The molecule has 136 valence electrons. The van der Waals surface area contributed by atoms with E-state index in [1.807, 2.05) is 0 Å². The molecule has 2 N–H and O–H groups in total. The summed E-state index contributed by atoms with van der Waals surface area (Å²) >= 11 is 1.08. The Morgan fingerprint density at radius 1 is 1.28 bits per heavy atom. The van der Waals surface area contributed by atoms with Gasteiger partial charge in [-0.1, -0.05) is 32.0 Å². The van der Waals surface area contributed by atoms with E-state index in [0.717, 1.165) is 11.3 Å². The summed E-state index contributed by atoms with van der Waals surface area (Å²) in [6.45, 7) is 5.30. The lowest BCUT2D eigenvalue weighted by Gasteiger charge is -2.21. The fourth-order valence-electron chi connectivity index (χ4n) is 2.18. The van der Waals surface area contributed by atoms with Crippen molar-refractivity contribution in [1.29, 1.82) is 0 Å². The number of amides is 1. The van der Waals surface area contributed by atoms with Crippen molar-refractivity contribution in [1.82, 2.24) is 10.0 Å². The highest BCUT2D eigenvalue weighted by atomic mass is 32.2. The second-order valence-corrected chi connectivity index (χ2v) is 8.96. The van der Waals surface area contributed by atoms with E-state index in [2.05, 4.69) is 10.0 Å². The van der Waals surface area contributed by atoms with Gasteiger partial charge in [-0.25, -0.2) is 12.8 Å². The Kier molecular flexibility index (Phi) is 6.31. The zero-order chi connectivity index (χ0) is 18.6. The van der Waals surface area contributed by atoms with Crippen molar-refractivity contribution < 1.29 is 17.6 Å². The van der Waals surface area contributed by atoms with Crippen molar-refractivity contribution in [2.24, 2.45) is 5.92 Å². The molecular formula is C17H21FN2O3S2. The summed E-state index contributed by atoms with van der Waals surface area (Å²) in [6, 6.07) is 6.92. The summed E-state index contributed by atoms with van der Waals surface area (Å²) in [5, 5.41) is 4.32. The molecule has 1 atom stereocenters.